The number of aromatic nitrogens is 1. The largest absolute Gasteiger partial charge is 0.493 e. The van der Waals surface area contributed by atoms with Gasteiger partial charge in [-0.2, -0.15) is 0 Å². The zero-order valence-corrected chi connectivity index (χ0v) is 15.4. The highest BCUT2D eigenvalue weighted by molar-refractivity contribution is 7.99. The quantitative estimate of drug-likeness (QED) is 0.740. The minimum absolute atomic E-state index is 0.0253. The standard InChI is InChI=1S/C18H22N2O4S/c1-22-15-7-14(8-16(23-2)18(15)24-3)10-20-17(21)12-25-11-13-5-4-6-19-9-13/h4-9H,10-12H2,1-3H3,(H,20,21). The van der Waals surface area contributed by atoms with Crippen molar-refractivity contribution in [1.82, 2.24) is 10.3 Å². The van der Waals surface area contributed by atoms with Crippen LogP contribution in [-0.4, -0.2) is 38.0 Å². The molecule has 0 fully saturated rings. The van der Waals surface area contributed by atoms with Crippen LogP contribution in [0.15, 0.2) is 36.7 Å². The average Bonchev–Trinajstić information content (AvgIpc) is 2.66. The van der Waals surface area contributed by atoms with Gasteiger partial charge in [0.2, 0.25) is 11.7 Å². The molecule has 0 aliphatic heterocycles. The lowest BCUT2D eigenvalue weighted by Crippen LogP contribution is -2.24. The van der Waals surface area contributed by atoms with Crippen molar-refractivity contribution in [3.8, 4) is 17.2 Å². The molecular weight excluding hydrogens is 340 g/mol. The minimum Gasteiger partial charge on any atom is -0.493 e. The van der Waals surface area contributed by atoms with Crippen LogP contribution in [0.3, 0.4) is 0 Å². The number of hydrogen-bond acceptors (Lipinski definition) is 6. The molecule has 0 unspecified atom stereocenters. The van der Waals surface area contributed by atoms with Crippen molar-refractivity contribution in [1.29, 1.82) is 0 Å². The Morgan fingerprint density at radius 2 is 1.84 bits per heavy atom. The molecular formula is C18H22N2O4S. The topological polar surface area (TPSA) is 69.7 Å². The summed E-state index contributed by atoms with van der Waals surface area (Å²) in [7, 11) is 4.69. The maximum absolute atomic E-state index is 12.0. The molecule has 1 aromatic carbocycles. The zero-order valence-electron chi connectivity index (χ0n) is 14.6. The lowest BCUT2D eigenvalue weighted by atomic mass is 10.2. The van der Waals surface area contributed by atoms with Crippen LogP contribution in [0, 0.1) is 0 Å². The molecule has 0 atom stereocenters. The minimum atomic E-state index is -0.0253. The summed E-state index contributed by atoms with van der Waals surface area (Å²) in [5.74, 6) is 2.79. The fraction of sp³-hybridized carbons (Fsp3) is 0.333. The monoisotopic (exact) mass is 362 g/mol. The molecule has 0 radical (unpaired) electrons. The summed E-state index contributed by atoms with van der Waals surface area (Å²) in [4.78, 5) is 16.1. The van der Waals surface area contributed by atoms with Crippen LogP contribution >= 0.6 is 11.8 Å². The predicted molar refractivity (Wildman–Crippen MR) is 98.3 cm³/mol. The van der Waals surface area contributed by atoms with E-state index in [1.54, 1.807) is 45.5 Å². The number of carbonyl (C=O) groups is 1. The number of nitrogens with zero attached hydrogens (tertiary/aromatic N) is 1. The smallest absolute Gasteiger partial charge is 0.230 e. The summed E-state index contributed by atoms with van der Waals surface area (Å²) >= 11 is 1.55. The highest BCUT2D eigenvalue weighted by Crippen LogP contribution is 2.38. The molecule has 7 heteroatoms. The van der Waals surface area contributed by atoms with Gasteiger partial charge in [0.05, 0.1) is 27.1 Å². The van der Waals surface area contributed by atoms with Crippen molar-refractivity contribution < 1.29 is 19.0 Å². The second-order valence-electron chi connectivity index (χ2n) is 5.16. The summed E-state index contributed by atoms with van der Waals surface area (Å²) in [6.45, 7) is 0.392. The van der Waals surface area contributed by atoms with Crippen LogP contribution in [0.25, 0.3) is 0 Å². The van der Waals surface area contributed by atoms with E-state index in [0.717, 1.165) is 16.9 Å². The number of amides is 1. The number of nitrogens with one attached hydrogen (secondary N) is 1. The molecule has 1 amide bonds. The Morgan fingerprint density at radius 1 is 1.12 bits per heavy atom. The average molecular weight is 362 g/mol. The van der Waals surface area contributed by atoms with Gasteiger partial charge in [-0.3, -0.25) is 9.78 Å². The molecule has 25 heavy (non-hydrogen) atoms. The molecule has 0 aliphatic carbocycles. The first-order valence-corrected chi connectivity index (χ1v) is 8.85. The number of rotatable bonds is 9. The summed E-state index contributed by atoms with van der Waals surface area (Å²) < 4.78 is 15.9. The molecule has 2 aromatic rings. The van der Waals surface area contributed by atoms with Gasteiger partial charge in [-0.25, -0.2) is 0 Å². The molecule has 134 valence electrons. The Labute approximate surface area is 151 Å². The van der Waals surface area contributed by atoms with E-state index in [0.29, 0.717) is 29.5 Å². The Bertz CT molecular complexity index is 670. The molecule has 0 saturated carbocycles. The maximum atomic E-state index is 12.0. The SMILES string of the molecule is COc1cc(CNC(=O)CSCc2cccnc2)cc(OC)c1OC. The Morgan fingerprint density at radius 3 is 2.40 bits per heavy atom. The third kappa shape index (κ3) is 5.56. The van der Waals surface area contributed by atoms with Gasteiger partial charge < -0.3 is 19.5 Å². The van der Waals surface area contributed by atoms with Gasteiger partial charge in [0, 0.05) is 24.7 Å². The Kier molecular flexibility index (Phi) is 7.40. The second kappa shape index (κ2) is 9.78. The number of pyridine rings is 1. The third-order valence-corrected chi connectivity index (χ3v) is 4.44. The van der Waals surface area contributed by atoms with Crippen LogP contribution in [0.5, 0.6) is 17.2 Å². The summed E-state index contributed by atoms with van der Waals surface area (Å²) in [6.07, 6.45) is 3.54. The van der Waals surface area contributed by atoms with Gasteiger partial charge >= 0.3 is 0 Å². The number of benzene rings is 1. The molecule has 1 heterocycles. The van der Waals surface area contributed by atoms with Crippen LogP contribution in [0.2, 0.25) is 0 Å². The first kappa shape index (κ1) is 18.9. The lowest BCUT2D eigenvalue weighted by molar-refractivity contribution is -0.118. The van der Waals surface area contributed by atoms with Gasteiger partial charge in [0.1, 0.15) is 0 Å². The van der Waals surface area contributed by atoms with Crippen molar-refractivity contribution in [3.05, 3.63) is 47.8 Å². The summed E-state index contributed by atoms with van der Waals surface area (Å²) in [6, 6.07) is 7.53. The van der Waals surface area contributed by atoms with E-state index in [-0.39, 0.29) is 5.91 Å². The molecule has 0 saturated heterocycles. The van der Waals surface area contributed by atoms with Crippen molar-refractivity contribution in [2.75, 3.05) is 27.1 Å². The van der Waals surface area contributed by atoms with Crippen molar-refractivity contribution >= 4 is 17.7 Å². The van der Waals surface area contributed by atoms with Crippen molar-refractivity contribution in [2.45, 2.75) is 12.3 Å². The van der Waals surface area contributed by atoms with E-state index in [9.17, 15) is 4.79 Å². The number of thioether (sulfide) groups is 1. The van der Waals surface area contributed by atoms with E-state index in [4.69, 9.17) is 14.2 Å². The van der Waals surface area contributed by atoms with E-state index in [1.807, 2.05) is 24.3 Å². The first-order chi connectivity index (χ1) is 12.2. The highest BCUT2D eigenvalue weighted by atomic mass is 32.2. The summed E-state index contributed by atoms with van der Waals surface area (Å²) in [5.41, 5.74) is 1.98. The Balaban J connectivity index is 1.86. The van der Waals surface area contributed by atoms with Crippen LogP contribution in [0.4, 0.5) is 0 Å². The van der Waals surface area contributed by atoms with Gasteiger partial charge in [0.25, 0.3) is 0 Å². The van der Waals surface area contributed by atoms with Crippen LogP contribution in [0.1, 0.15) is 11.1 Å². The van der Waals surface area contributed by atoms with Crippen LogP contribution in [-0.2, 0) is 17.1 Å². The zero-order chi connectivity index (χ0) is 18.1. The molecule has 1 aromatic heterocycles. The fourth-order valence-electron chi connectivity index (χ4n) is 2.23. The van der Waals surface area contributed by atoms with E-state index in [2.05, 4.69) is 10.3 Å². The van der Waals surface area contributed by atoms with E-state index < -0.39 is 0 Å². The summed E-state index contributed by atoms with van der Waals surface area (Å²) in [5, 5.41) is 2.90. The Hall–Kier alpha value is -2.41. The first-order valence-electron chi connectivity index (χ1n) is 7.70. The maximum Gasteiger partial charge on any atom is 0.230 e. The van der Waals surface area contributed by atoms with Crippen molar-refractivity contribution in [2.24, 2.45) is 0 Å². The van der Waals surface area contributed by atoms with Gasteiger partial charge in [-0.1, -0.05) is 6.07 Å². The molecule has 6 nitrogen and oxygen atoms in total. The van der Waals surface area contributed by atoms with Crippen molar-refractivity contribution in [3.63, 3.8) is 0 Å². The van der Waals surface area contributed by atoms with Gasteiger partial charge in [-0.15, -0.1) is 11.8 Å². The molecule has 1 N–H and O–H groups in total. The predicted octanol–water partition coefficient (Wildman–Crippen LogP) is 2.66. The number of carbonyl (C=O) groups excluding carboxylic acids is 1. The van der Waals surface area contributed by atoms with E-state index in [1.165, 1.54) is 0 Å². The van der Waals surface area contributed by atoms with Gasteiger partial charge in [0.15, 0.2) is 11.5 Å². The second-order valence-corrected chi connectivity index (χ2v) is 6.15. The molecule has 0 spiro atoms. The number of hydrogen-bond donors (Lipinski definition) is 1. The molecule has 2 rings (SSSR count). The lowest BCUT2D eigenvalue weighted by Gasteiger charge is -2.14. The van der Waals surface area contributed by atoms with Gasteiger partial charge in [-0.05, 0) is 29.3 Å². The van der Waals surface area contributed by atoms with Crippen LogP contribution < -0.4 is 19.5 Å². The number of ether oxygens (including phenoxy) is 3. The fourth-order valence-corrected chi connectivity index (χ4v) is 3.03. The normalized spacial score (nSPS) is 10.2. The van der Waals surface area contributed by atoms with E-state index >= 15 is 0 Å². The third-order valence-electron chi connectivity index (χ3n) is 3.44. The highest BCUT2D eigenvalue weighted by Gasteiger charge is 2.13. The number of methoxy groups -OCH3 is 3. The molecule has 0 aliphatic rings. The molecule has 0 bridgehead atoms.